The molecule has 0 bridgehead atoms. The molecule has 0 amide bonds. The highest BCUT2D eigenvalue weighted by atomic mass is 16.5. The number of benzene rings is 1. The Balaban J connectivity index is 1.55. The number of pyridine rings is 2. The van der Waals surface area contributed by atoms with Gasteiger partial charge in [0.15, 0.2) is 0 Å². The molecule has 1 unspecified atom stereocenters. The van der Waals surface area contributed by atoms with Gasteiger partial charge < -0.3 is 25.1 Å². The Kier molecular flexibility index (Phi) is 5.33. The highest BCUT2D eigenvalue weighted by molar-refractivity contribution is 5.80. The summed E-state index contributed by atoms with van der Waals surface area (Å²) in [6.45, 7) is 3.21. The van der Waals surface area contributed by atoms with E-state index in [1.165, 1.54) is 0 Å². The molecular weight excluding hydrogens is 390 g/mol. The molecular formula is C24H23N5O2. The van der Waals surface area contributed by atoms with Crippen molar-refractivity contribution in [3.05, 3.63) is 72.2 Å². The summed E-state index contributed by atoms with van der Waals surface area (Å²) >= 11 is 0. The van der Waals surface area contributed by atoms with Crippen LogP contribution in [0.2, 0.25) is 0 Å². The monoisotopic (exact) mass is 413 g/mol. The molecule has 2 aliphatic heterocycles. The van der Waals surface area contributed by atoms with Gasteiger partial charge in [-0.1, -0.05) is 6.07 Å². The summed E-state index contributed by atoms with van der Waals surface area (Å²) in [7, 11) is 0. The number of ether oxygens (including phenoxy) is 1. The maximum absolute atomic E-state index is 11.8. The second-order valence-corrected chi connectivity index (χ2v) is 7.49. The second kappa shape index (κ2) is 8.57. The Morgan fingerprint density at radius 2 is 2.06 bits per heavy atom. The average Bonchev–Trinajstić information content (AvgIpc) is 2.85. The Hall–Kier alpha value is -3.71. The fourth-order valence-corrected chi connectivity index (χ4v) is 3.97. The molecule has 7 nitrogen and oxygen atoms in total. The van der Waals surface area contributed by atoms with Gasteiger partial charge in [-0.2, -0.15) is 0 Å². The summed E-state index contributed by atoms with van der Waals surface area (Å²) in [5, 5.41) is 6.57. The van der Waals surface area contributed by atoms with E-state index in [4.69, 9.17) is 9.72 Å². The summed E-state index contributed by atoms with van der Waals surface area (Å²) in [5.41, 5.74) is 5.56. The summed E-state index contributed by atoms with van der Waals surface area (Å²) in [6, 6.07) is 13.7. The number of morpholine rings is 1. The van der Waals surface area contributed by atoms with Gasteiger partial charge in [0.25, 0.3) is 0 Å². The maximum atomic E-state index is 11.8. The number of aromatic nitrogens is 2. The highest BCUT2D eigenvalue weighted by Crippen LogP contribution is 2.34. The van der Waals surface area contributed by atoms with Crippen LogP contribution >= 0.6 is 0 Å². The van der Waals surface area contributed by atoms with Crippen molar-refractivity contribution < 1.29 is 9.53 Å². The van der Waals surface area contributed by atoms with Crippen molar-refractivity contribution in [3.63, 3.8) is 0 Å². The smallest absolute Gasteiger partial charge is 0.146 e. The van der Waals surface area contributed by atoms with Gasteiger partial charge in [0.05, 0.1) is 18.9 Å². The van der Waals surface area contributed by atoms with E-state index in [1.807, 2.05) is 36.4 Å². The zero-order valence-corrected chi connectivity index (χ0v) is 17.0. The van der Waals surface area contributed by atoms with E-state index in [-0.39, 0.29) is 0 Å². The van der Waals surface area contributed by atoms with Crippen molar-refractivity contribution >= 4 is 29.6 Å². The molecule has 1 fully saturated rings. The van der Waals surface area contributed by atoms with Crippen LogP contribution < -0.4 is 15.5 Å². The largest absolute Gasteiger partial charge is 0.378 e. The van der Waals surface area contributed by atoms with Gasteiger partial charge in [-0.25, -0.2) is 4.98 Å². The van der Waals surface area contributed by atoms with Gasteiger partial charge in [0, 0.05) is 48.0 Å². The first-order valence-corrected chi connectivity index (χ1v) is 10.3. The van der Waals surface area contributed by atoms with E-state index >= 15 is 0 Å². The first-order valence-electron chi connectivity index (χ1n) is 10.3. The summed E-state index contributed by atoms with van der Waals surface area (Å²) in [6.07, 6.45) is 8.20. The van der Waals surface area contributed by atoms with Crippen molar-refractivity contribution in [1.29, 1.82) is 0 Å². The van der Waals surface area contributed by atoms with Gasteiger partial charge in [-0.3, -0.25) is 4.98 Å². The number of hydrogen-bond acceptors (Lipinski definition) is 7. The lowest BCUT2D eigenvalue weighted by Crippen LogP contribution is -2.36. The fraction of sp³-hybridized carbons (Fsp3) is 0.208. The minimum Gasteiger partial charge on any atom is -0.378 e. The molecule has 3 aromatic rings. The number of nitrogens with zero attached hydrogens (tertiary/aromatic N) is 3. The predicted molar refractivity (Wildman–Crippen MR) is 121 cm³/mol. The number of carbonyl (C=O) groups is 1. The molecule has 2 aromatic heterocycles. The van der Waals surface area contributed by atoms with Gasteiger partial charge in [-0.15, -0.1) is 0 Å². The molecule has 0 spiro atoms. The molecule has 7 heteroatoms. The van der Waals surface area contributed by atoms with Crippen LogP contribution in [0.25, 0.3) is 17.3 Å². The maximum Gasteiger partial charge on any atom is 0.146 e. The van der Waals surface area contributed by atoms with E-state index in [2.05, 4.69) is 32.7 Å². The zero-order valence-electron chi connectivity index (χ0n) is 17.0. The van der Waals surface area contributed by atoms with Crippen LogP contribution in [-0.2, 0) is 9.53 Å². The average molecular weight is 413 g/mol. The summed E-state index contributed by atoms with van der Waals surface area (Å²) in [4.78, 5) is 23.2. The van der Waals surface area contributed by atoms with Gasteiger partial charge in [0.1, 0.15) is 18.1 Å². The predicted octanol–water partition coefficient (Wildman–Crippen LogP) is 3.54. The van der Waals surface area contributed by atoms with E-state index in [0.29, 0.717) is 5.82 Å². The first-order chi connectivity index (χ1) is 15.3. The van der Waals surface area contributed by atoms with Gasteiger partial charge in [0.2, 0.25) is 0 Å². The number of rotatable bonds is 5. The Morgan fingerprint density at radius 1 is 1.16 bits per heavy atom. The highest BCUT2D eigenvalue weighted by Gasteiger charge is 2.23. The molecule has 31 heavy (non-hydrogen) atoms. The number of aldehydes is 1. The first kappa shape index (κ1) is 19.3. The quantitative estimate of drug-likeness (QED) is 0.620. The SMILES string of the molecule is O=CC1NC=Cc2cc(-c3cccnc3)nc(Nc3cccc(N4CCOCC4)c3)c21. The molecule has 1 atom stereocenters. The number of fused-ring (bicyclic) bond motifs is 1. The van der Waals surface area contributed by atoms with Crippen molar-refractivity contribution in [1.82, 2.24) is 15.3 Å². The van der Waals surface area contributed by atoms with E-state index in [9.17, 15) is 4.79 Å². The van der Waals surface area contributed by atoms with Gasteiger partial charge in [-0.05, 0) is 54.2 Å². The molecule has 0 saturated carbocycles. The third kappa shape index (κ3) is 4.00. The molecule has 156 valence electrons. The molecule has 1 saturated heterocycles. The minimum absolute atomic E-state index is 0.458. The van der Waals surface area contributed by atoms with E-state index in [1.54, 1.807) is 18.6 Å². The number of anilines is 3. The summed E-state index contributed by atoms with van der Waals surface area (Å²) in [5.74, 6) is 0.657. The lowest BCUT2D eigenvalue weighted by atomic mass is 9.97. The molecule has 1 aromatic carbocycles. The van der Waals surface area contributed by atoms with E-state index in [0.717, 1.165) is 66.3 Å². The molecule has 5 rings (SSSR count). The normalized spacial score (nSPS) is 17.5. The van der Waals surface area contributed by atoms with Crippen molar-refractivity contribution in [3.8, 4) is 11.3 Å². The lowest BCUT2D eigenvalue weighted by Gasteiger charge is -2.29. The van der Waals surface area contributed by atoms with Crippen LogP contribution in [0.4, 0.5) is 17.2 Å². The van der Waals surface area contributed by atoms with Crippen LogP contribution in [0, 0.1) is 0 Å². The van der Waals surface area contributed by atoms with Crippen LogP contribution in [0.5, 0.6) is 0 Å². The number of hydrogen-bond donors (Lipinski definition) is 2. The Bertz CT molecular complexity index is 1110. The van der Waals surface area contributed by atoms with Crippen LogP contribution in [0.1, 0.15) is 17.2 Å². The minimum atomic E-state index is -0.458. The lowest BCUT2D eigenvalue weighted by molar-refractivity contribution is -0.109. The van der Waals surface area contributed by atoms with Crippen LogP contribution in [0.3, 0.4) is 0 Å². The fourth-order valence-electron chi connectivity index (χ4n) is 3.97. The van der Waals surface area contributed by atoms with Crippen molar-refractivity contribution in [2.75, 3.05) is 36.5 Å². The van der Waals surface area contributed by atoms with Crippen molar-refractivity contribution in [2.24, 2.45) is 0 Å². The molecule has 2 N–H and O–H groups in total. The molecule has 4 heterocycles. The Morgan fingerprint density at radius 3 is 2.87 bits per heavy atom. The van der Waals surface area contributed by atoms with Crippen LogP contribution in [-0.4, -0.2) is 42.6 Å². The molecule has 2 aliphatic rings. The van der Waals surface area contributed by atoms with E-state index < -0.39 is 6.04 Å². The topological polar surface area (TPSA) is 79.4 Å². The van der Waals surface area contributed by atoms with Crippen LogP contribution in [0.15, 0.2) is 61.1 Å². The molecule has 0 radical (unpaired) electrons. The second-order valence-electron chi connectivity index (χ2n) is 7.49. The third-order valence-electron chi connectivity index (χ3n) is 5.52. The number of carbonyl (C=O) groups excluding carboxylic acids is 1. The molecule has 0 aliphatic carbocycles. The summed E-state index contributed by atoms with van der Waals surface area (Å²) < 4.78 is 5.47. The number of nitrogens with one attached hydrogen (secondary N) is 2. The zero-order chi connectivity index (χ0) is 21.0. The third-order valence-corrected chi connectivity index (χ3v) is 5.52. The van der Waals surface area contributed by atoms with Gasteiger partial charge >= 0.3 is 0 Å². The Labute approximate surface area is 180 Å². The standard InChI is InChI=1S/C24H23N5O2/c30-16-22-23-17(6-8-26-22)13-21(18-3-2-7-25-15-18)28-24(23)27-19-4-1-5-20(14-19)29-9-11-31-12-10-29/h1-8,13-16,22,26H,9-12H2,(H,27,28). The van der Waals surface area contributed by atoms with Crippen molar-refractivity contribution in [2.45, 2.75) is 6.04 Å².